The molecule has 1 amide bonds. The van der Waals surface area contributed by atoms with Gasteiger partial charge in [0.05, 0.1) is 16.7 Å². The van der Waals surface area contributed by atoms with Crippen LogP contribution in [0.25, 0.3) is 0 Å². The van der Waals surface area contributed by atoms with Crippen LogP contribution in [0.4, 0.5) is 20.9 Å². The predicted octanol–water partition coefficient (Wildman–Crippen LogP) is 3.15. The number of thiophene rings is 1. The molecule has 5 N–H and O–H groups in total. The van der Waals surface area contributed by atoms with Crippen molar-refractivity contribution < 1.29 is 9.18 Å². The summed E-state index contributed by atoms with van der Waals surface area (Å²) >= 11 is 1.52. The summed E-state index contributed by atoms with van der Waals surface area (Å²) in [6.07, 6.45) is 11.8. The smallest absolute Gasteiger partial charge is 0.260 e. The molecular weight excluding hydrogens is 489 g/mol. The van der Waals surface area contributed by atoms with E-state index in [-0.39, 0.29) is 30.8 Å². The Morgan fingerprint density at radius 3 is 2.65 bits per heavy atom. The first-order valence-electron chi connectivity index (χ1n) is 13.0. The summed E-state index contributed by atoms with van der Waals surface area (Å²) in [5.74, 6) is 0.412. The maximum absolute atomic E-state index is 15.9. The van der Waals surface area contributed by atoms with Gasteiger partial charge in [0.25, 0.3) is 5.91 Å². The second kappa shape index (κ2) is 11.1. The van der Waals surface area contributed by atoms with Crippen LogP contribution in [0.2, 0.25) is 0 Å². The van der Waals surface area contributed by atoms with Crippen LogP contribution in [0, 0.1) is 0 Å². The van der Waals surface area contributed by atoms with Crippen molar-refractivity contribution in [3.05, 3.63) is 59.8 Å². The Morgan fingerprint density at radius 1 is 1.22 bits per heavy atom. The standard InChI is InChI=1S/C27H36FN7OS/c28-27(8-14-33(15-9-27)17-20-16-24(30)37-19-20)26(36)34-12-6-22(7-13-34)35(18-21-4-1-2-10-31-21)25-23(29)5-3-11-32-25/h1-5,10-11,16,19,21-22,31H,6-9,12-15,17-18,29-30H2. The lowest BCUT2D eigenvalue weighted by molar-refractivity contribution is -0.148. The monoisotopic (exact) mass is 525 g/mol. The number of nitrogens with zero attached hydrogens (tertiary/aromatic N) is 4. The van der Waals surface area contributed by atoms with Gasteiger partial charge >= 0.3 is 0 Å². The van der Waals surface area contributed by atoms with E-state index >= 15 is 4.39 Å². The van der Waals surface area contributed by atoms with Gasteiger partial charge in [-0.2, -0.15) is 0 Å². The summed E-state index contributed by atoms with van der Waals surface area (Å²) in [5.41, 5.74) is 12.1. The largest absolute Gasteiger partial charge is 0.396 e. The van der Waals surface area contributed by atoms with Crippen molar-refractivity contribution in [3.63, 3.8) is 0 Å². The average molecular weight is 526 g/mol. The van der Waals surface area contributed by atoms with Gasteiger partial charge in [0, 0.05) is 64.3 Å². The number of nitrogens with one attached hydrogen (secondary N) is 1. The van der Waals surface area contributed by atoms with Crippen LogP contribution in [-0.4, -0.2) is 71.2 Å². The van der Waals surface area contributed by atoms with Crippen molar-refractivity contribution in [1.82, 2.24) is 20.1 Å². The van der Waals surface area contributed by atoms with E-state index in [9.17, 15) is 4.79 Å². The number of dihydropyridines is 1. The number of carbonyl (C=O) groups excluding carboxylic acids is 1. The quantitative estimate of drug-likeness (QED) is 0.510. The number of carbonyl (C=O) groups is 1. The minimum Gasteiger partial charge on any atom is -0.396 e. The number of piperidine rings is 2. The van der Waals surface area contributed by atoms with Crippen molar-refractivity contribution in [2.24, 2.45) is 0 Å². The van der Waals surface area contributed by atoms with E-state index in [4.69, 9.17) is 11.5 Å². The van der Waals surface area contributed by atoms with Gasteiger partial charge in [-0.1, -0.05) is 12.2 Å². The van der Waals surface area contributed by atoms with Crippen LogP contribution in [0.1, 0.15) is 31.2 Å². The molecule has 37 heavy (non-hydrogen) atoms. The Balaban J connectivity index is 1.18. The lowest BCUT2D eigenvalue weighted by atomic mass is 9.90. The van der Waals surface area contributed by atoms with Crippen molar-refractivity contribution in [3.8, 4) is 0 Å². The molecule has 1 unspecified atom stereocenters. The fourth-order valence-electron chi connectivity index (χ4n) is 5.55. The zero-order valence-electron chi connectivity index (χ0n) is 21.1. The van der Waals surface area contributed by atoms with E-state index in [0.29, 0.717) is 38.4 Å². The number of nitrogen functional groups attached to an aromatic ring is 2. The molecule has 0 aliphatic carbocycles. The molecule has 10 heteroatoms. The lowest BCUT2D eigenvalue weighted by Crippen LogP contribution is -2.56. The molecule has 1 atom stereocenters. The van der Waals surface area contributed by atoms with Crippen molar-refractivity contribution in [2.45, 2.75) is 50.0 Å². The molecule has 0 aromatic carbocycles. The second-order valence-corrected chi connectivity index (χ2v) is 11.2. The van der Waals surface area contributed by atoms with E-state index in [1.54, 1.807) is 11.1 Å². The van der Waals surface area contributed by atoms with Gasteiger partial charge in [0.2, 0.25) is 0 Å². The average Bonchev–Trinajstić information content (AvgIpc) is 3.34. The number of rotatable bonds is 7. The minimum absolute atomic E-state index is 0.135. The summed E-state index contributed by atoms with van der Waals surface area (Å²) in [5, 5.41) is 6.20. The van der Waals surface area contributed by atoms with Gasteiger partial charge in [0.1, 0.15) is 0 Å². The SMILES string of the molecule is Nc1cc(CN2CCC(F)(C(=O)N3CCC(N(CC4C=CC=CN4)c4ncccc4N)CC3)CC2)cs1. The Bertz CT molecular complexity index is 1140. The third-order valence-electron chi connectivity index (χ3n) is 7.65. The second-order valence-electron chi connectivity index (χ2n) is 10.2. The summed E-state index contributed by atoms with van der Waals surface area (Å²) in [4.78, 5) is 24.1. The van der Waals surface area contributed by atoms with Gasteiger partial charge in [-0.05, 0) is 54.3 Å². The molecular formula is C27H36FN7OS. The van der Waals surface area contributed by atoms with Gasteiger partial charge in [-0.25, -0.2) is 9.37 Å². The summed E-state index contributed by atoms with van der Waals surface area (Å²) in [6.45, 7) is 3.65. The van der Waals surface area contributed by atoms with E-state index in [1.807, 2.05) is 41.9 Å². The van der Waals surface area contributed by atoms with Crippen LogP contribution >= 0.6 is 11.3 Å². The molecule has 8 nitrogen and oxygen atoms in total. The van der Waals surface area contributed by atoms with Gasteiger partial charge in [-0.15, -0.1) is 11.3 Å². The number of halogens is 1. The highest BCUT2D eigenvalue weighted by Crippen LogP contribution is 2.33. The molecule has 5 heterocycles. The van der Waals surface area contributed by atoms with Crippen molar-refractivity contribution >= 4 is 33.8 Å². The number of pyridine rings is 1. The molecule has 3 aliphatic rings. The molecule has 0 bridgehead atoms. The maximum atomic E-state index is 15.9. The molecule has 0 saturated carbocycles. The topological polar surface area (TPSA) is 104 Å². The van der Waals surface area contributed by atoms with Crippen LogP contribution < -0.4 is 21.7 Å². The molecule has 198 valence electrons. The Morgan fingerprint density at radius 2 is 2.00 bits per heavy atom. The van der Waals surface area contributed by atoms with Crippen LogP contribution in [0.15, 0.2) is 54.2 Å². The van der Waals surface area contributed by atoms with E-state index in [0.717, 1.165) is 35.8 Å². The Labute approximate surface area is 221 Å². The number of anilines is 3. The highest BCUT2D eigenvalue weighted by molar-refractivity contribution is 7.14. The van der Waals surface area contributed by atoms with Gasteiger partial charge in [0.15, 0.2) is 11.5 Å². The molecule has 2 aromatic rings. The number of likely N-dealkylation sites (tertiary alicyclic amines) is 2. The molecule has 2 fully saturated rings. The number of hydrogen-bond donors (Lipinski definition) is 3. The normalized spacial score (nSPS) is 22.1. The van der Waals surface area contributed by atoms with E-state index in [2.05, 4.69) is 26.2 Å². The highest BCUT2D eigenvalue weighted by Gasteiger charge is 2.45. The van der Waals surface area contributed by atoms with Crippen LogP contribution in [0.5, 0.6) is 0 Å². The Hall–Kier alpha value is -3.11. The summed E-state index contributed by atoms with van der Waals surface area (Å²) in [6, 6.07) is 5.97. The molecule has 3 aliphatic heterocycles. The number of allylic oxidation sites excluding steroid dienone is 2. The minimum atomic E-state index is -1.79. The lowest BCUT2D eigenvalue weighted by Gasteiger charge is -2.43. The number of alkyl halides is 1. The summed E-state index contributed by atoms with van der Waals surface area (Å²) < 4.78 is 15.9. The fourth-order valence-corrected chi connectivity index (χ4v) is 6.20. The molecule has 2 saturated heterocycles. The fraction of sp³-hybridized carbons (Fsp3) is 0.481. The predicted molar refractivity (Wildman–Crippen MR) is 148 cm³/mol. The molecule has 0 spiro atoms. The molecule has 2 aromatic heterocycles. The van der Waals surface area contributed by atoms with Gasteiger partial charge in [-0.3, -0.25) is 9.69 Å². The first-order chi connectivity index (χ1) is 17.9. The van der Waals surface area contributed by atoms with Crippen LogP contribution in [0.3, 0.4) is 0 Å². The van der Waals surface area contributed by atoms with Crippen molar-refractivity contribution in [1.29, 1.82) is 0 Å². The zero-order chi connectivity index (χ0) is 25.8. The van der Waals surface area contributed by atoms with Gasteiger partial charge < -0.3 is 26.6 Å². The summed E-state index contributed by atoms with van der Waals surface area (Å²) in [7, 11) is 0. The van der Waals surface area contributed by atoms with Crippen molar-refractivity contribution in [2.75, 3.05) is 49.1 Å². The first-order valence-corrected chi connectivity index (χ1v) is 13.9. The number of amides is 1. The number of nitrogens with two attached hydrogens (primary N) is 2. The highest BCUT2D eigenvalue weighted by atomic mass is 32.1. The number of aromatic nitrogens is 1. The maximum Gasteiger partial charge on any atom is 0.260 e. The first kappa shape index (κ1) is 25.5. The zero-order valence-corrected chi connectivity index (χ0v) is 21.9. The van der Waals surface area contributed by atoms with Crippen LogP contribution in [-0.2, 0) is 11.3 Å². The number of hydrogen-bond acceptors (Lipinski definition) is 8. The molecule has 5 rings (SSSR count). The van der Waals surface area contributed by atoms with E-state index in [1.165, 1.54) is 11.3 Å². The Kier molecular flexibility index (Phi) is 7.66. The molecule has 0 radical (unpaired) electrons. The third kappa shape index (κ3) is 5.91. The third-order valence-corrected chi connectivity index (χ3v) is 8.46. The van der Waals surface area contributed by atoms with E-state index < -0.39 is 5.67 Å².